The third-order valence-electron chi connectivity index (χ3n) is 3.67. The van der Waals surface area contributed by atoms with Crippen molar-refractivity contribution in [3.63, 3.8) is 0 Å². The monoisotopic (exact) mass is 287 g/mol. The topological polar surface area (TPSA) is 49.3 Å². The molecule has 0 aliphatic rings. The van der Waals surface area contributed by atoms with Gasteiger partial charge in [0, 0.05) is 6.54 Å². The second kappa shape index (κ2) is 6.06. The number of aryl methyl sites for hydroxylation is 1. The number of rotatable bonds is 5. The van der Waals surface area contributed by atoms with Gasteiger partial charge in [-0.25, -0.2) is 9.18 Å². The summed E-state index contributed by atoms with van der Waals surface area (Å²) in [6.07, 6.45) is 0. The van der Waals surface area contributed by atoms with Crippen molar-refractivity contribution >= 4 is 5.97 Å². The van der Waals surface area contributed by atoms with Crippen LogP contribution in [0.1, 0.15) is 23.6 Å². The van der Waals surface area contributed by atoms with Crippen LogP contribution in [-0.2, 0) is 16.9 Å². The fourth-order valence-corrected chi connectivity index (χ4v) is 2.08. The fraction of sp³-hybridized carbons (Fsp3) is 0.235. The van der Waals surface area contributed by atoms with Gasteiger partial charge in [0.1, 0.15) is 11.4 Å². The van der Waals surface area contributed by atoms with Crippen molar-refractivity contribution < 1.29 is 14.3 Å². The van der Waals surface area contributed by atoms with Crippen LogP contribution in [0, 0.1) is 12.7 Å². The number of aliphatic carboxylic acids is 1. The maximum absolute atomic E-state index is 13.7. The van der Waals surface area contributed by atoms with Gasteiger partial charge in [0.15, 0.2) is 0 Å². The van der Waals surface area contributed by atoms with Gasteiger partial charge in [-0.15, -0.1) is 0 Å². The molecule has 0 heterocycles. The lowest BCUT2D eigenvalue weighted by atomic mass is 9.91. The van der Waals surface area contributed by atoms with Crippen LogP contribution in [0.25, 0.3) is 0 Å². The lowest BCUT2D eigenvalue weighted by molar-refractivity contribution is -0.144. The molecule has 1 atom stereocenters. The van der Waals surface area contributed by atoms with Gasteiger partial charge in [0.05, 0.1) is 0 Å². The van der Waals surface area contributed by atoms with E-state index in [0.717, 1.165) is 5.56 Å². The number of halogens is 1. The molecule has 0 aliphatic carbocycles. The van der Waals surface area contributed by atoms with Crippen LogP contribution in [0.3, 0.4) is 0 Å². The highest BCUT2D eigenvalue weighted by molar-refractivity contribution is 5.80. The summed E-state index contributed by atoms with van der Waals surface area (Å²) in [5.74, 6) is -1.44. The van der Waals surface area contributed by atoms with E-state index in [2.05, 4.69) is 5.32 Å². The summed E-state index contributed by atoms with van der Waals surface area (Å²) in [6.45, 7) is 3.58. The zero-order valence-electron chi connectivity index (χ0n) is 12.1. The van der Waals surface area contributed by atoms with Crippen LogP contribution in [0.4, 0.5) is 4.39 Å². The lowest BCUT2D eigenvalue weighted by Gasteiger charge is -2.27. The fourth-order valence-electron chi connectivity index (χ4n) is 2.08. The van der Waals surface area contributed by atoms with E-state index in [4.69, 9.17) is 0 Å². The molecule has 0 aromatic heterocycles. The number of carboxylic acids is 1. The van der Waals surface area contributed by atoms with Crippen molar-refractivity contribution in [3.8, 4) is 0 Å². The van der Waals surface area contributed by atoms with Crippen molar-refractivity contribution in [2.24, 2.45) is 0 Å². The molecular formula is C17H18FNO2. The second-order valence-electron chi connectivity index (χ2n) is 5.23. The average molecular weight is 287 g/mol. The highest BCUT2D eigenvalue weighted by Crippen LogP contribution is 2.24. The summed E-state index contributed by atoms with van der Waals surface area (Å²) in [5.41, 5.74) is 0.519. The van der Waals surface area contributed by atoms with Crippen molar-refractivity contribution in [3.05, 3.63) is 71.0 Å². The van der Waals surface area contributed by atoms with E-state index in [1.165, 1.54) is 6.07 Å². The Kier molecular flexibility index (Phi) is 4.38. The van der Waals surface area contributed by atoms with Crippen molar-refractivity contribution in [2.75, 3.05) is 0 Å². The summed E-state index contributed by atoms with van der Waals surface area (Å²) >= 11 is 0. The van der Waals surface area contributed by atoms with Crippen molar-refractivity contribution in [1.82, 2.24) is 5.32 Å². The van der Waals surface area contributed by atoms with Crippen LogP contribution in [0.5, 0.6) is 0 Å². The Morgan fingerprint density at radius 3 is 2.48 bits per heavy atom. The van der Waals surface area contributed by atoms with Gasteiger partial charge in [0.25, 0.3) is 0 Å². The summed E-state index contributed by atoms with van der Waals surface area (Å²) in [5, 5.41) is 12.5. The standard InChI is InChI=1S/C17H18FNO2/c1-12-8-9-14(10-15(12)18)17(2,16(20)21)19-11-13-6-4-3-5-7-13/h3-10,19H,11H2,1-2H3,(H,20,21). The minimum absolute atomic E-state index is 0.388. The lowest BCUT2D eigenvalue weighted by Crippen LogP contribution is -2.46. The first kappa shape index (κ1) is 15.2. The molecule has 3 nitrogen and oxygen atoms in total. The van der Waals surface area contributed by atoms with Crippen LogP contribution < -0.4 is 5.32 Å². The molecule has 2 aromatic rings. The van der Waals surface area contributed by atoms with E-state index in [-0.39, 0.29) is 0 Å². The number of hydrogen-bond acceptors (Lipinski definition) is 2. The zero-order valence-corrected chi connectivity index (χ0v) is 12.1. The van der Waals surface area contributed by atoms with Gasteiger partial charge in [-0.3, -0.25) is 5.32 Å². The highest BCUT2D eigenvalue weighted by atomic mass is 19.1. The van der Waals surface area contributed by atoms with Crippen LogP contribution in [0.2, 0.25) is 0 Å². The molecule has 110 valence electrons. The third kappa shape index (κ3) is 3.28. The van der Waals surface area contributed by atoms with Gasteiger partial charge in [-0.1, -0.05) is 42.5 Å². The molecule has 2 aromatic carbocycles. The highest BCUT2D eigenvalue weighted by Gasteiger charge is 2.35. The van der Waals surface area contributed by atoms with Gasteiger partial charge in [-0.2, -0.15) is 0 Å². The summed E-state index contributed by atoms with van der Waals surface area (Å²) in [4.78, 5) is 11.7. The number of nitrogens with one attached hydrogen (secondary N) is 1. The van der Waals surface area contributed by atoms with Crippen LogP contribution >= 0.6 is 0 Å². The van der Waals surface area contributed by atoms with Crippen molar-refractivity contribution in [1.29, 1.82) is 0 Å². The molecule has 0 spiro atoms. The molecule has 0 aliphatic heterocycles. The molecule has 1 unspecified atom stereocenters. The Balaban J connectivity index is 2.27. The molecule has 4 heteroatoms. The minimum Gasteiger partial charge on any atom is -0.480 e. The Hall–Kier alpha value is -2.20. The first-order chi connectivity index (χ1) is 9.93. The molecule has 21 heavy (non-hydrogen) atoms. The number of carbonyl (C=O) groups is 1. The smallest absolute Gasteiger partial charge is 0.328 e. The largest absolute Gasteiger partial charge is 0.480 e. The van der Waals surface area contributed by atoms with Gasteiger partial charge in [0.2, 0.25) is 0 Å². The zero-order chi connectivity index (χ0) is 15.5. The van der Waals surface area contributed by atoms with E-state index in [9.17, 15) is 14.3 Å². The van der Waals surface area contributed by atoms with E-state index < -0.39 is 17.3 Å². The summed E-state index contributed by atoms with van der Waals surface area (Å²) in [6, 6.07) is 14.0. The third-order valence-corrected chi connectivity index (χ3v) is 3.67. The Morgan fingerprint density at radius 2 is 1.90 bits per heavy atom. The van der Waals surface area contributed by atoms with Crippen LogP contribution in [0.15, 0.2) is 48.5 Å². The molecule has 0 saturated heterocycles. The molecule has 0 saturated carbocycles. The first-order valence-corrected chi connectivity index (χ1v) is 6.72. The normalized spacial score (nSPS) is 13.7. The van der Waals surface area contributed by atoms with E-state index in [1.807, 2.05) is 30.3 Å². The molecule has 0 amide bonds. The predicted molar refractivity (Wildman–Crippen MR) is 79.4 cm³/mol. The second-order valence-corrected chi connectivity index (χ2v) is 5.23. The van der Waals surface area contributed by atoms with Crippen LogP contribution in [-0.4, -0.2) is 11.1 Å². The maximum Gasteiger partial charge on any atom is 0.328 e. The molecule has 0 fully saturated rings. The van der Waals surface area contributed by atoms with Gasteiger partial charge < -0.3 is 5.11 Å². The van der Waals surface area contributed by atoms with E-state index in [0.29, 0.717) is 17.7 Å². The van der Waals surface area contributed by atoms with E-state index >= 15 is 0 Å². The first-order valence-electron chi connectivity index (χ1n) is 6.72. The number of carboxylic acid groups (broad SMARTS) is 1. The Morgan fingerprint density at radius 1 is 1.24 bits per heavy atom. The molecule has 0 bridgehead atoms. The van der Waals surface area contributed by atoms with Gasteiger partial charge >= 0.3 is 5.97 Å². The maximum atomic E-state index is 13.7. The van der Waals surface area contributed by atoms with Crippen molar-refractivity contribution in [2.45, 2.75) is 25.9 Å². The Labute approximate surface area is 123 Å². The minimum atomic E-state index is -1.34. The molecule has 0 radical (unpaired) electrons. The molecule has 2 N–H and O–H groups in total. The van der Waals surface area contributed by atoms with E-state index in [1.54, 1.807) is 26.0 Å². The Bertz CT molecular complexity index is 642. The molecule has 2 rings (SSSR count). The summed E-state index contributed by atoms with van der Waals surface area (Å²) in [7, 11) is 0. The quantitative estimate of drug-likeness (QED) is 0.887. The summed E-state index contributed by atoms with van der Waals surface area (Å²) < 4.78 is 13.7. The predicted octanol–water partition coefficient (Wildman–Crippen LogP) is 3.22. The molecular weight excluding hydrogens is 269 g/mol. The number of benzene rings is 2. The average Bonchev–Trinajstić information content (AvgIpc) is 2.48. The SMILES string of the molecule is Cc1ccc(C(C)(NCc2ccccc2)C(=O)O)cc1F. The van der Waals surface area contributed by atoms with Gasteiger partial charge in [-0.05, 0) is 36.6 Å². The number of hydrogen-bond donors (Lipinski definition) is 2.